The molecule has 26 heavy (non-hydrogen) atoms. The van der Waals surface area contributed by atoms with Gasteiger partial charge in [-0.15, -0.1) is 0 Å². The highest BCUT2D eigenvalue weighted by molar-refractivity contribution is 6.04. The second-order valence-corrected chi connectivity index (χ2v) is 6.04. The third-order valence-corrected chi connectivity index (χ3v) is 4.08. The largest absolute Gasteiger partial charge is 0.497 e. The number of aromatic nitrogens is 1. The summed E-state index contributed by atoms with van der Waals surface area (Å²) in [7, 11) is 1.59. The van der Waals surface area contributed by atoms with Crippen LogP contribution >= 0.6 is 0 Å². The molecule has 0 atom stereocenters. The fourth-order valence-corrected chi connectivity index (χ4v) is 2.69. The minimum atomic E-state index is -0.226. The number of carbonyl (C=O) groups is 1. The van der Waals surface area contributed by atoms with Gasteiger partial charge >= 0.3 is 0 Å². The molecule has 2 aromatic carbocycles. The van der Waals surface area contributed by atoms with Crippen molar-refractivity contribution in [3.8, 4) is 5.75 Å². The number of aryl methyl sites for hydroxylation is 2. The maximum absolute atomic E-state index is 12.5. The summed E-state index contributed by atoms with van der Waals surface area (Å²) in [6.07, 6.45) is 3.25. The Morgan fingerprint density at radius 2 is 1.69 bits per heavy atom. The van der Waals surface area contributed by atoms with Crippen LogP contribution in [0, 0.1) is 13.8 Å². The van der Waals surface area contributed by atoms with Crippen molar-refractivity contribution in [2.75, 3.05) is 17.7 Å². The lowest BCUT2D eigenvalue weighted by Gasteiger charge is -2.13. The Balaban J connectivity index is 1.79. The van der Waals surface area contributed by atoms with Gasteiger partial charge in [0.15, 0.2) is 0 Å². The molecule has 0 saturated carbocycles. The molecule has 0 radical (unpaired) electrons. The van der Waals surface area contributed by atoms with Crippen molar-refractivity contribution < 1.29 is 9.53 Å². The van der Waals surface area contributed by atoms with E-state index in [9.17, 15) is 4.79 Å². The van der Waals surface area contributed by atoms with Gasteiger partial charge in [-0.1, -0.05) is 24.3 Å². The highest BCUT2D eigenvalue weighted by Gasteiger charge is 2.09. The van der Waals surface area contributed by atoms with Gasteiger partial charge in [-0.05, 0) is 43.2 Å². The second-order valence-electron chi connectivity index (χ2n) is 6.04. The number of anilines is 3. The first-order valence-electron chi connectivity index (χ1n) is 8.30. The number of rotatable bonds is 5. The van der Waals surface area contributed by atoms with Gasteiger partial charge in [0.1, 0.15) is 5.75 Å². The lowest BCUT2D eigenvalue weighted by Crippen LogP contribution is -2.12. The van der Waals surface area contributed by atoms with Crippen molar-refractivity contribution in [2.24, 2.45) is 0 Å². The predicted molar refractivity (Wildman–Crippen MR) is 104 cm³/mol. The number of pyridine rings is 1. The van der Waals surface area contributed by atoms with Gasteiger partial charge in [-0.25, -0.2) is 0 Å². The molecule has 2 N–H and O–H groups in total. The fraction of sp³-hybridized carbons (Fsp3) is 0.143. The Kier molecular flexibility index (Phi) is 5.17. The van der Waals surface area contributed by atoms with E-state index in [0.29, 0.717) is 17.0 Å². The Hall–Kier alpha value is -3.34. The molecule has 3 aromatic rings. The van der Waals surface area contributed by atoms with Gasteiger partial charge in [0.05, 0.1) is 24.6 Å². The van der Waals surface area contributed by atoms with Gasteiger partial charge in [0, 0.05) is 23.6 Å². The summed E-state index contributed by atoms with van der Waals surface area (Å²) in [5, 5.41) is 6.22. The Morgan fingerprint density at radius 1 is 0.962 bits per heavy atom. The Labute approximate surface area is 153 Å². The zero-order valence-electron chi connectivity index (χ0n) is 15.0. The van der Waals surface area contributed by atoms with E-state index in [1.54, 1.807) is 31.6 Å². The van der Waals surface area contributed by atoms with E-state index in [2.05, 4.69) is 15.6 Å². The molecule has 3 rings (SSSR count). The molecular formula is C21H21N3O2. The molecule has 0 aliphatic heterocycles. The van der Waals surface area contributed by atoms with Crippen LogP contribution in [-0.4, -0.2) is 18.0 Å². The van der Waals surface area contributed by atoms with Gasteiger partial charge in [0.2, 0.25) is 0 Å². The number of carbonyl (C=O) groups excluding carboxylic acids is 1. The molecule has 0 aliphatic rings. The quantitative estimate of drug-likeness (QED) is 0.702. The van der Waals surface area contributed by atoms with Gasteiger partial charge in [-0.2, -0.15) is 0 Å². The molecule has 1 heterocycles. The van der Waals surface area contributed by atoms with Crippen LogP contribution < -0.4 is 15.4 Å². The first-order chi connectivity index (χ1) is 12.6. The van der Waals surface area contributed by atoms with E-state index in [-0.39, 0.29) is 5.91 Å². The van der Waals surface area contributed by atoms with Crippen molar-refractivity contribution in [2.45, 2.75) is 13.8 Å². The monoisotopic (exact) mass is 347 g/mol. The number of nitrogens with zero attached hydrogens (tertiary/aromatic N) is 1. The summed E-state index contributed by atoms with van der Waals surface area (Å²) in [5.41, 5.74) is 5.21. The van der Waals surface area contributed by atoms with Gasteiger partial charge in [-0.3, -0.25) is 9.78 Å². The predicted octanol–water partition coefficient (Wildman–Crippen LogP) is 4.70. The minimum absolute atomic E-state index is 0.226. The standard InChI is InChI=1S/C21H21N3O2/c1-14-6-4-7-15(2)20(14)23-18-10-16(12-22-13-18)21(25)24-17-8-5-9-19(11-17)26-3/h4-13,23H,1-3H3,(H,24,25). The molecule has 5 heteroatoms. The summed E-state index contributed by atoms with van der Waals surface area (Å²) in [6, 6.07) is 15.1. The number of nitrogens with one attached hydrogen (secondary N) is 2. The number of hydrogen-bond donors (Lipinski definition) is 2. The third-order valence-electron chi connectivity index (χ3n) is 4.08. The smallest absolute Gasteiger partial charge is 0.257 e. The number of hydrogen-bond acceptors (Lipinski definition) is 4. The average molecular weight is 347 g/mol. The molecule has 0 unspecified atom stereocenters. The second kappa shape index (κ2) is 7.70. The van der Waals surface area contributed by atoms with Crippen LogP contribution in [0.3, 0.4) is 0 Å². The summed E-state index contributed by atoms with van der Waals surface area (Å²) in [4.78, 5) is 16.7. The van der Waals surface area contributed by atoms with E-state index in [0.717, 1.165) is 22.5 Å². The maximum atomic E-state index is 12.5. The molecule has 0 aliphatic carbocycles. The lowest BCUT2D eigenvalue weighted by atomic mass is 10.1. The zero-order chi connectivity index (χ0) is 18.5. The van der Waals surface area contributed by atoms with Crippen LogP contribution in [0.4, 0.5) is 17.1 Å². The fourth-order valence-electron chi connectivity index (χ4n) is 2.69. The number of para-hydroxylation sites is 1. The van der Waals surface area contributed by atoms with Crippen LogP contribution in [0.1, 0.15) is 21.5 Å². The van der Waals surface area contributed by atoms with Crippen LogP contribution in [0.15, 0.2) is 60.9 Å². The number of amides is 1. The van der Waals surface area contributed by atoms with Crippen LogP contribution in [-0.2, 0) is 0 Å². The minimum Gasteiger partial charge on any atom is -0.497 e. The summed E-state index contributed by atoms with van der Waals surface area (Å²) in [6.45, 7) is 4.09. The summed E-state index contributed by atoms with van der Waals surface area (Å²) >= 11 is 0. The maximum Gasteiger partial charge on any atom is 0.257 e. The van der Waals surface area contributed by atoms with E-state index < -0.39 is 0 Å². The third kappa shape index (κ3) is 4.00. The summed E-state index contributed by atoms with van der Waals surface area (Å²) in [5.74, 6) is 0.460. The molecular weight excluding hydrogens is 326 g/mol. The molecule has 132 valence electrons. The number of ether oxygens (including phenoxy) is 1. The average Bonchev–Trinajstić information content (AvgIpc) is 2.65. The molecule has 0 saturated heterocycles. The van der Waals surface area contributed by atoms with Crippen LogP contribution in [0.25, 0.3) is 0 Å². The van der Waals surface area contributed by atoms with Crippen molar-refractivity contribution in [3.05, 3.63) is 77.6 Å². The highest BCUT2D eigenvalue weighted by Crippen LogP contribution is 2.24. The molecule has 0 bridgehead atoms. The first-order valence-corrected chi connectivity index (χ1v) is 8.30. The summed E-state index contributed by atoms with van der Waals surface area (Å²) < 4.78 is 5.18. The van der Waals surface area contributed by atoms with E-state index in [4.69, 9.17) is 4.74 Å². The van der Waals surface area contributed by atoms with Crippen LogP contribution in [0.2, 0.25) is 0 Å². The first kappa shape index (κ1) is 17.5. The molecule has 0 fully saturated rings. The van der Waals surface area contributed by atoms with E-state index in [1.165, 1.54) is 0 Å². The molecule has 1 aromatic heterocycles. The lowest BCUT2D eigenvalue weighted by molar-refractivity contribution is 0.102. The molecule has 0 spiro atoms. The Morgan fingerprint density at radius 3 is 2.42 bits per heavy atom. The van der Waals surface area contributed by atoms with E-state index >= 15 is 0 Å². The molecule has 1 amide bonds. The van der Waals surface area contributed by atoms with Crippen molar-refractivity contribution >= 4 is 23.0 Å². The van der Waals surface area contributed by atoms with Crippen molar-refractivity contribution in [3.63, 3.8) is 0 Å². The molecule has 5 nitrogen and oxygen atoms in total. The SMILES string of the molecule is COc1cccc(NC(=O)c2cncc(Nc3c(C)cccc3C)c2)c1. The van der Waals surface area contributed by atoms with Gasteiger partial charge in [0.25, 0.3) is 5.91 Å². The number of benzene rings is 2. The van der Waals surface area contributed by atoms with Gasteiger partial charge < -0.3 is 15.4 Å². The highest BCUT2D eigenvalue weighted by atomic mass is 16.5. The zero-order valence-corrected chi connectivity index (χ0v) is 15.0. The van der Waals surface area contributed by atoms with Crippen molar-refractivity contribution in [1.82, 2.24) is 4.98 Å². The van der Waals surface area contributed by atoms with Crippen molar-refractivity contribution in [1.29, 1.82) is 0 Å². The number of methoxy groups -OCH3 is 1. The Bertz CT molecular complexity index is 918. The normalized spacial score (nSPS) is 10.3. The topological polar surface area (TPSA) is 63.2 Å². The van der Waals surface area contributed by atoms with E-state index in [1.807, 2.05) is 50.2 Å². The van der Waals surface area contributed by atoms with Crippen LogP contribution in [0.5, 0.6) is 5.75 Å².